The van der Waals surface area contributed by atoms with Crippen LogP contribution >= 0.6 is 0 Å². The van der Waals surface area contributed by atoms with E-state index in [1.54, 1.807) is 0 Å². The highest BCUT2D eigenvalue weighted by Gasteiger charge is 2.38. The molecule has 0 aromatic carbocycles. The van der Waals surface area contributed by atoms with E-state index in [1.807, 2.05) is 0 Å². The molecule has 0 saturated heterocycles. The van der Waals surface area contributed by atoms with Crippen LogP contribution in [0.5, 0.6) is 0 Å². The number of rotatable bonds is 5. The summed E-state index contributed by atoms with van der Waals surface area (Å²) in [6.07, 6.45) is 5.61. The molecular weight excluding hydrogens is 176 g/mol. The summed E-state index contributed by atoms with van der Waals surface area (Å²) >= 11 is 0. The molecule has 0 rings (SSSR count). The summed E-state index contributed by atoms with van der Waals surface area (Å²) in [5.41, 5.74) is 0. The summed E-state index contributed by atoms with van der Waals surface area (Å²) in [4.78, 5) is 0. The summed E-state index contributed by atoms with van der Waals surface area (Å²) in [6, 6.07) is 0. The maximum atomic E-state index is 2.38. The minimum Gasteiger partial charge on any atom is -0.0652 e. The zero-order valence-corrected chi connectivity index (χ0v) is 13.8. The van der Waals surface area contributed by atoms with Gasteiger partial charge in [0.15, 0.2) is 0 Å². The molecule has 12 heavy (non-hydrogen) atoms. The summed E-state index contributed by atoms with van der Waals surface area (Å²) < 4.78 is 0. The molecule has 74 valence electrons. The maximum absolute atomic E-state index is 2.38. The van der Waals surface area contributed by atoms with Gasteiger partial charge in [0.25, 0.3) is 0 Å². The highest BCUT2D eigenvalue weighted by atomic mass is 28.2. The molecule has 0 nitrogen and oxygen atoms in total. The fraction of sp³-hybridized carbons (Fsp3) is 1.00. The molecule has 0 saturated carbocycles. The summed E-state index contributed by atoms with van der Waals surface area (Å²) in [5, 5.41) is 1.48. The van der Waals surface area contributed by atoms with Gasteiger partial charge in [-0.15, -0.1) is 0 Å². The molecule has 0 bridgehead atoms. The van der Waals surface area contributed by atoms with E-state index in [0.29, 0.717) is 0 Å². The molecule has 0 aliphatic heterocycles. The Morgan fingerprint density at radius 3 is 0.917 bits per heavy atom. The quantitative estimate of drug-likeness (QED) is 0.595. The smallest absolute Gasteiger partial charge is 0.0109 e. The SMILES string of the molecule is CCC([SiH3])(CC)C([SiH3])(CC)CC. The Balaban J connectivity index is 4.66. The number of hydrogen-bond acceptors (Lipinski definition) is 0. The van der Waals surface area contributed by atoms with Crippen molar-refractivity contribution in [1.29, 1.82) is 0 Å². The van der Waals surface area contributed by atoms with Gasteiger partial charge in [-0.2, -0.15) is 0 Å². The summed E-state index contributed by atoms with van der Waals surface area (Å²) in [7, 11) is 2.76. The lowest BCUT2D eigenvalue weighted by Crippen LogP contribution is -2.29. The first-order valence-electron chi connectivity index (χ1n) is 5.49. The van der Waals surface area contributed by atoms with Crippen LogP contribution in [0.2, 0.25) is 10.1 Å². The van der Waals surface area contributed by atoms with E-state index in [4.69, 9.17) is 0 Å². The minimum atomic E-state index is 0.739. The fourth-order valence-electron chi connectivity index (χ4n) is 2.21. The molecule has 0 aliphatic rings. The largest absolute Gasteiger partial charge is 0.0652 e. The van der Waals surface area contributed by atoms with Crippen molar-refractivity contribution in [3.05, 3.63) is 0 Å². The van der Waals surface area contributed by atoms with Gasteiger partial charge in [-0.3, -0.25) is 0 Å². The highest BCUT2D eigenvalue weighted by molar-refractivity contribution is 6.26. The van der Waals surface area contributed by atoms with Crippen LogP contribution in [0.15, 0.2) is 0 Å². The zero-order chi connectivity index (χ0) is 9.83. The van der Waals surface area contributed by atoms with E-state index in [-0.39, 0.29) is 0 Å². The Kier molecular flexibility index (Phi) is 4.78. The van der Waals surface area contributed by atoms with E-state index in [1.165, 1.54) is 46.2 Å². The van der Waals surface area contributed by atoms with E-state index in [0.717, 1.165) is 10.1 Å². The Morgan fingerprint density at radius 1 is 0.667 bits per heavy atom. The van der Waals surface area contributed by atoms with E-state index in [2.05, 4.69) is 27.7 Å². The first-order chi connectivity index (χ1) is 5.49. The first-order valence-corrected chi connectivity index (χ1v) is 7.49. The average Bonchev–Trinajstić information content (AvgIpc) is 2.15. The van der Waals surface area contributed by atoms with Crippen molar-refractivity contribution in [2.24, 2.45) is 0 Å². The highest BCUT2D eigenvalue weighted by Crippen LogP contribution is 2.56. The van der Waals surface area contributed by atoms with E-state index >= 15 is 0 Å². The van der Waals surface area contributed by atoms with Crippen molar-refractivity contribution in [3.63, 3.8) is 0 Å². The molecule has 0 amide bonds. The lowest BCUT2D eigenvalue weighted by atomic mass is 9.81. The Labute approximate surface area is 84.4 Å². The standard InChI is InChI=1S/C10H26Si2/c1-5-9(11,6-2)10(12,7-3)8-4/h5-8H2,1-4,11-12H3. The molecule has 0 fully saturated rings. The molecule has 0 aromatic rings. The van der Waals surface area contributed by atoms with Gasteiger partial charge < -0.3 is 0 Å². The van der Waals surface area contributed by atoms with Crippen molar-refractivity contribution >= 4 is 20.5 Å². The van der Waals surface area contributed by atoms with Gasteiger partial charge in [-0.05, 0) is 10.1 Å². The minimum absolute atomic E-state index is 0.739. The molecule has 0 heterocycles. The van der Waals surface area contributed by atoms with Crippen molar-refractivity contribution in [3.8, 4) is 0 Å². The van der Waals surface area contributed by atoms with Gasteiger partial charge in [0, 0.05) is 20.5 Å². The van der Waals surface area contributed by atoms with Gasteiger partial charge in [0.2, 0.25) is 0 Å². The molecule has 0 spiro atoms. The van der Waals surface area contributed by atoms with Crippen molar-refractivity contribution in [2.45, 2.75) is 63.5 Å². The first kappa shape index (κ1) is 12.4. The van der Waals surface area contributed by atoms with Crippen LogP contribution < -0.4 is 0 Å². The monoisotopic (exact) mass is 202 g/mol. The predicted molar refractivity (Wildman–Crippen MR) is 66.4 cm³/mol. The van der Waals surface area contributed by atoms with Gasteiger partial charge in [-0.1, -0.05) is 53.4 Å². The second kappa shape index (κ2) is 4.61. The Hall–Kier alpha value is 0.434. The Bertz CT molecular complexity index is 108. The van der Waals surface area contributed by atoms with Crippen LogP contribution in [0.25, 0.3) is 0 Å². The topological polar surface area (TPSA) is 0 Å². The molecule has 0 aromatic heterocycles. The van der Waals surface area contributed by atoms with Crippen molar-refractivity contribution in [2.75, 3.05) is 0 Å². The third-order valence-electron chi connectivity index (χ3n) is 4.58. The average molecular weight is 202 g/mol. The van der Waals surface area contributed by atoms with Crippen LogP contribution in [-0.2, 0) is 0 Å². The zero-order valence-electron chi connectivity index (χ0n) is 9.83. The lowest BCUT2D eigenvalue weighted by molar-refractivity contribution is 0.337. The fourth-order valence-corrected chi connectivity index (χ4v) is 3.62. The lowest BCUT2D eigenvalue weighted by Gasteiger charge is -2.45. The summed E-state index contributed by atoms with van der Waals surface area (Å²) in [5.74, 6) is 0. The third-order valence-corrected chi connectivity index (χ3v) is 10.8. The van der Waals surface area contributed by atoms with Crippen molar-refractivity contribution < 1.29 is 0 Å². The van der Waals surface area contributed by atoms with E-state index < -0.39 is 0 Å². The molecule has 0 N–H and O–H groups in total. The van der Waals surface area contributed by atoms with Gasteiger partial charge in [0.1, 0.15) is 0 Å². The molecule has 0 radical (unpaired) electrons. The van der Waals surface area contributed by atoms with E-state index in [9.17, 15) is 0 Å². The van der Waals surface area contributed by atoms with Crippen molar-refractivity contribution in [1.82, 2.24) is 0 Å². The second-order valence-electron chi connectivity index (χ2n) is 4.54. The number of hydrogen-bond donors (Lipinski definition) is 0. The molecule has 0 unspecified atom stereocenters. The third kappa shape index (κ3) is 2.02. The van der Waals surface area contributed by atoms with Gasteiger partial charge in [-0.25, -0.2) is 0 Å². The van der Waals surface area contributed by atoms with Crippen LogP contribution in [0.3, 0.4) is 0 Å². The van der Waals surface area contributed by atoms with Crippen LogP contribution in [0.4, 0.5) is 0 Å². The van der Waals surface area contributed by atoms with Crippen LogP contribution in [0, 0.1) is 0 Å². The van der Waals surface area contributed by atoms with Gasteiger partial charge in [0.05, 0.1) is 0 Å². The Morgan fingerprint density at radius 2 is 0.833 bits per heavy atom. The normalized spacial score (nSPS) is 14.0. The molecule has 0 aliphatic carbocycles. The van der Waals surface area contributed by atoms with Crippen LogP contribution in [0.1, 0.15) is 53.4 Å². The molecule has 2 heteroatoms. The summed E-state index contributed by atoms with van der Waals surface area (Å²) in [6.45, 7) is 9.53. The molecule has 0 atom stereocenters. The second-order valence-corrected chi connectivity index (χ2v) is 8.36. The predicted octanol–water partition coefficient (Wildman–Crippen LogP) is 1.67. The maximum Gasteiger partial charge on any atom is 0.0109 e. The van der Waals surface area contributed by atoms with Gasteiger partial charge >= 0.3 is 0 Å². The molecular formula is C10H26Si2. The van der Waals surface area contributed by atoms with Crippen LogP contribution in [-0.4, -0.2) is 20.5 Å².